The monoisotopic (exact) mass is 473 g/mol. The molecule has 1 amide bonds. The van der Waals surface area contributed by atoms with Crippen LogP contribution in [0, 0.1) is 56.2 Å². The molecule has 0 spiro atoms. The Bertz CT molecular complexity index is 1100. The molecule has 1 saturated carbocycles. The minimum absolute atomic E-state index is 0.214. The number of nitrogens with one attached hydrogen (secondary N) is 2. The molecule has 4 rings (SSSR count). The number of amides is 1. The largest absolute Gasteiger partial charge is 0.447 e. The molecule has 2 saturated heterocycles. The lowest BCUT2D eigenvalue weighted by atomic mass is 9.52. The Hall–Kier alpha value is -3.41. The van der Waals surface area contributed by atoms with Crippen LogP contribution in [0.25, 0.3) is 0 Å². The second kappa shape index (κ2) is 9.68. The van der Waals surface area contributed by atoms with E-state index in [0.29, 0.717) is 24.1 Å². The number of ether oxygens (including phenoxy) is 2. The molecule has 3 aliphatic rings. The van der Waals surface area contributed by atoms with E-state index >= 15 is 0 Å². The van der Waals surface area contributed by atoms with Crippen molar-refractivity contribution in [2.45, 2.75) is 83.0 Å². The number of rotatable bonds is 2. The third-order valence-electron chi connectivity index (χ3n) is 7.85. The molecule has 4 atom stereocenters. The number of anilines is 1. The molecule has 1 aromatic carbocycles. The Morgan fingerprint density at radius 3 is 2.14 bits per heavy atom. The number of carbonyl (C=O) groups excluding carboxylic acids is 1. The average Bonchev–Trinajstić information content (AvgIpc) is 3.02. The lowest BCUT2D eigenvalue weighted by Gasteiger charge is -2.50. The van der Waals surface area contributed by atoms with Crippen molar-refractivity contribution in [3.63, 3.8) is 0 Å². The standard InChI is InChI=1S/C27H31N5O3/c1-19(33)32-21-13-11-20(12-14-21)23-25(16-28,17-29)26(18-30)22-10-8-6-4-2-3-5-7-9-15-27(22,34-23)35-24(26)31/h11-14,22-23,31H,2-10,15H2,1H3,(H,32,33). The third kappa shape index (κ3) is 3.85. The smallest absolute Gasteiger partial charge is 0.221 e. The van der Waals surface area contributed by atoms with Gasteiger partial charge in [0.15, 0.2) is 5.41 Å². The quantitative estimate of drug-likeness (QED) is 0.581. The SMILES string of the molecule is CC(=O)Nc1ccc(C2OC34CCCCCCCCCCC3C(C#N)(C(=N)O4)C2(C#N)C#N)cc1. The lowest BCUT2D eigenvalue weighted by Crippen LogP contribution is -2.59. The summed E-state index contributed by atoms with van der Waals surface area (Å²) in [5.74, 6) is -2.36. The molecule has 0 radical (unpaired) electrons. The van der Waals surface area contributed by atoms with Gasteiger partial charge in [-0.2, -0.15) is 15.8 Å². The molecular weight excluding hydrogens is 442 g/mol. The second-order valence-corrected chi connectivity index (χ2v) is 9.92. The summed E-state index contributed by atoms with van der Waals surface area (Å²) in [5.41, 5.74) is -2.60. The Kier molecular flexibility index (Phi) is 6.84. The number of nitrogens with zero attached hydrogens (tertiary/aromatic N) is 3. The van der Waals surface area contributed by atoms with Gasteiger partial charge >= 0.3 is 0 Å². The van der Waals surface area contributed by atoms with Gasteiger partial charge in [-0.15, -0.1) is 0 Å². The highest BCUT2D eigenvalue weighted by Gasteiger charge is 2.79. The van der Waals surface area contributed by atoms with Crippen LogP contribution in [0.4, 0.5) is 5.69 Å². The first-order valence-electron chi connectivity index (χ1n) is 12.5. The molecule has 2 bridgehead atoms. The Labute approximate surface area is 206 Å². The van der Waals surface area contributed by atoms with E-state index in [4.69, 9.17) is 14.9 Å². The van der Waals surface area contributed by atoms with Gasteiger partial charge in [-0.25, -0.2) is 0 Å². The van der Waals surface area contributed by atoms with Crippen LogP contribution in [0.1, 0.15) is 82.8 Å². The molecule has 35 heavy (non-hydrogen) atoms. The molecule has 2 aliphatic heterocycles. The van der Waals surface area contributed by atoms with Crippen molar-refractivity contribution >= 4 is 17.5 Å². The maximum atomic E-state index is 11.4. The number of nitriles is 3. The van der Waals surface area contributed by atoms with E-state index < -0.39 is 28.6 Å². The van der Waals surface area contributed by atoms with Gasteiger partial charge in [0, 0.05) is 19.0 Å². The van der Waals surface area contributed by atoms with E-state index in [1.54, 1.807) is 24.3 Å². The number of hydrogen-bond acceptors (Lipinski definition) is 7. The van der Waals surface area contributed by atoms with Crippen molar-refractivity contribution in [1.82, 2.24) is 0 Å². The highest BCUT2D eigenvalue weighted by molar-refractivity contribution is 5.90. The van der Waals surface area contributed by atoms with Crippen molar-refractivity contribution in [3.05, 3.63) is 29.8 Å². The highest BCUT2D eigenvalue weighted by atomic mass is 16.7. The van der Waals surface area contributed by atoms with Crippen molar-refractivity contribution in [3.8, 4) is 18.2 Å². The van der Waals surface area contributed by atoms with Gasteiger partial charge in [-0.3, -0.25) is 10.2 Å². The fraction of sp³-hybridized carbons (Fsp3) is 0.593. The topological polar surface area (TPSA) is 143 Å². The summed E-state index contributed by atoms with van der Waals surface area (Å²) >= 11 is 0. The summed E-state index contributed by atoms with van der Waals surface area (Å²) in [6.07, 6.45) is 8.14. The van der Waals surface area contributed by atoms with Crippen LogP contribution in [0.5, 0.6) is 0 Å². The Morgan fingerprint density at radius 2 is 1.57 bits per heavy atom. The van der Waals surface area contributed by atoms with Crippen LogP contribution in [0.15, 0.2) is 24.3 Å². The summed E-state index contributed by atoms with van der Waals surface area (Å²) in [5, 5.41) is 43.0. The number of hydrogen-bond donors (Lipinski definition) is 2. The number of benzene rings is 1. The minimum Gasteiger partial charge on any atom is -0.447 e. The van der Waals surface area contributed by atoms with Gasteiger partial charge < -0.3 is 14.8 Å². The number of carbonyl (C=O) groups is 1. The van der Waals surface area contributed by atoms with E-state index in [0.717, 1.165) is 38.5 Å². The van der Waals surface area contributed by atoms with Gasteiger partial charge in [0.25, 0.3) is 0 Å². The van der Waals surface area contributed by atoms with E-state index in [1.165, 1.54) is 19.8 Å². The second-order valence-electron chi connectivity index (χ2n) is 9.92. The van der Waals surface area contributed by atoms with E-state index in [1.807, 2.05) is 0 Å². The van der Waals surface area contributed by atoms with Gasteiger partial charge in [-0.05, 0) is 30.5 Å². The zero-order valence-electron chi connectivity index (χ0n) is 20.1. The fourth-order valence-corrected chi connectivity index (χ4v) is 6.17. The van der Waals surface area contributed by atoms with Gasteiger partial charge in [0.1, 0.15) is 6.10 Å². The molecule has 2 N–H and O–H groups in total. The van der Waals surface area contributed by atoms with Crippen LogP contribution in [0.2, 0.25) is 0 Å². The Morgan fingerprint density at radius 1 is 0.971 bits per heavy atom. The first-order chi connectivity index (χ1) is 16.9. The van der Waals surface area contributed by atoms with E-state index in [-0.39, 0.29) is 11.8 Å². The van der Waals surface area contributed by atoms with Crippen LogP contribution in [0.3, 0.4) is 0 Å². The van der Waals surface area contributed by atoms with Crippen molar-refractivity contribution in [1.29, 1.82) is 21.2 Å². The minimum atomic E-state index is -1.96. The fourth-order valence-electron chi connectivity index (χ4n) is 6.17. The van der Waals surface area contributed by atoms with Gasteiger partial charge in [-0.1, -0.05) is 57.1 Å². The molecule has 8 nitrogen and oxygen atoms in total. The zero-order valence-corrected chi connectivity index (χ0v) is 20.1. The van der Waals surface area contributed by atoms with Crippen molar-refractivity contribution in [2.24, 2.45) is 16.7 Å². The molecule has 3 fully saturated rings. The molecule has 2 heterocycles. The van der Waals surface area contributed by atoms with Crippen molar-refractivity contribution < 1.29 is 14.3 Å². The first-order valence-corrected chi connectivity index (χ1v) is 12.5. The first kappa shape index (κ1) is 24.7. The maximum Gasteiger partial charge on any atom is 0.221 e. The summed E-state index contributed by atoms with van der Waals surface area (Å²) < 4.78 is 12.8. The predicted octanol–water partition coefficient (Wildman–Crippen LogP) is 5.49. The lowest BCUT2D eigenvalue weighted by molar-refractivity contribution is -0.287. The van der Waals surface area contributed by atoms with Crippen LogP contribution >= 0.6 is 0 Å². The molecule has 1 aromatic rings. The van der Waals surface area contributed by atoms with Gasteiger partial charge in [0.05, 0.1) is 24.1 Å². The van der Waals surface area contributed by atoms with Crippen LogP contribution in [-0.4, -0.2) is 17.6 Å². The highest BCUT2D eigenvalue weighted by Crippen LogP contribution is 2.68. The Balaban J connectivity index is 1.84. The van der Waals surface area contributed by atoms with Crippen LogP contribution in [-0.2, 0) is 14.3 Å². The molecular formula is C27H31N5O3. The average molecular weight is 474 g/mol. The van der Waals surface area contributed by atoms with Crippen LogP contribution < -0.4 is 5.32 Å². The maximum absolute atomic E-state index is 11.4. The summed E-state index contributed by atoms with van der Waals surface area (Å²) in [7, 11) is 0. The zero-order chi connectivity index (χ0) is 25.1. The summed E-state index contributed by atoms with van der Waals surface area (Å²) in [4.78, 5) is 11.4. The molecule has 182 valence electrons. The normalized spacial score (nSPS) is 32.2. The predicted molar refractivity (Wildman–Crippen MR) is 127 cm³/mol. The van der Waals surface area contributed by atoms with Crippen molar-refractivity contribution in [2.75, 3.05) is 5.32 Å². The van der Waals surface area contributed by atoms with E-state index in [9.17, 15) is 20.6 Å². The summed E-state index contributed by atoms with van der Waals surface area (Å²) in [6, 6.07) is 13.3. The molecule has 4 unspecified atom stereocenters. The van der Waals surface area contributed by atoms with Gasteiger partial charge in [0.2, 0.25) is 23.0 Å². The third-order valence-corrected chi connectivity index (χ3v) is 7.85. The van der Waals surface area contributed by atoms with E-state index in [2.05, 4.69) is 23.5 Å². The summed E-state index contributed by atoms with van der Waals surface area (Å²) in [6.45, 7) is 1.41. The molecule has 1 aliphatic carbocycles. The molecule has 8 heteroatoms. The molecule has 0 aromatic heterocycles.